The second kappa shape index (κ2) is 5.23. The molecule has 0 aromatic heterocycles. The third-order valence-electron chi connectivity index (χ3n) is 3.99. The maximum atomic E-state index is 10.6. The molecule has 1 heterocycles. The van der Waals surface area contributed by atoms with Crippen LogP contribution in [-0.4, -0.2) is 29.8 Å². The molecule has 0 aliphatic carbocycles. The van der Waals surface area contributed by atoms with Crippen molar-refractivity contribution in [2.45, 2.75) is 45.1 Å². The van der Waals surface area contributed by atoms with Crippen molar-refractivity contribution in [2.24, 2.45) is 0 Å². The third kappa shape index (κ3) is 2.99. The molecule has 1 aliphatic rings. The Hall–Kier alpha value is -1.15. The number of hydrogen-bond donors (Lipinski definition) is 0. The lowest BCUT2D eigenvalue weighted by Gasteiger charge is -2.41. The predicted molar refractivity (Wildman–Crippen MR) is 75.1 cm³/mol. The average molecular weight is 245 g/mol. The van der Waals surface area contributed by atoms with Crippen LogP contribution in [0.4, 0.5) is 0 Å². The van der Waals surface area contributed by atoms with Gasteiger partial charge in [0.05, 0.1) is 0 Å². The van der Waals surface area contributed by atoms with Gasteiger partial charge in [-0.3, -0.25) is 9.69 Å². The molecule has 0 unspecified atom stereocenters. The normalized spacial score (nSPS) is 18.8. The average Bonchev–Trinajstić information content (AvgIpc) is 2.38. The number of aldehydes is 1. The minimum Gasteiger partial charge on any atom is -0.298 e. The summed E-state index contributed by atoms with van der Waals surface area (Å²) in [6.07, 6.45) is 3.35. The van der Waals surface area contributed by atoms with Crippen molar-refractivity contribution in [1.82, 2.24) is 4.90 Å². The quantitative estimate of drug-likeness (QED) is 0.743. The highest BCUT2D eigenvalue weighted by Crippen LogP contribution is 2.30. The second-order valence-electron chi connectivity index (χ2n) is 6.22. The number of piperidine rings is 1. The van der Waals surface area contributed by atoms with E-state index in [0.29, 0.717) is 5.92 Å². The first-order chi connectivity index (χ1) is 8.50. The fraction of sp³-hybridized carbons (Fsp3) is 0.562. The Morgan fingerprint density at radius 1 is 1.11 bits per heavy atom. The molecular weight excluding hydrogens is 222 g/mol. The van der Waals surface area contributed by atoms with Crippen LogP contribution in [0.2, 0.25) is 0 Å². The van der Waals surface area contributed by atoms with Gasteiger partial charge in [0.25, 0.3) is 0 Å². The van der Waals surface area contributed by atoms with E-state index in [-0.39, 0.29) is 5.54 Å². The fourth-order valence-corrected chi connectivity index (χ4v) is 2.73. The van der Waals surface area contributed by atoms with Crippen LogP contribution in [0.15, 0.2) is 24.3 Å². The topological polar surface area (TPSA) is 20.3 Å². The monoisotopic (exact) mass is 245 g/mol. The van der Waals surface area contributed by atoms with Crippen molar-refractivity contribution in [3.05, 3.63) is 35.4 Å². The summed E-state index contributed by atoms with van der Waals surface area (Å²) in [6.45, 7) is 9.19. The minimum atomic E-state index is 0.284. The van der Waals surface area contributed by atoms with E-state index < -0.39 is 0 Å². The van der Waals surface area contributed by atoms with Crippen molar-refractivity contribution < 1.29 is 4.79 Å². The Morgan fingerprint density at radius 2 is 1.67 bits per heavy atom. The summed E-state index contributed by atoms with van der Waals surface area (Å²) in [7, 11) is 0. The van der Waals surface area contributed by atoms with E-state index in [4.69, 9.17) is 0 Å². The number of hydrogen-bond acceptors (Lipinski definition) is 2. The molecule has 2 nitrogen and oxygen atoms in total. The molecule has 0 bridgehead atoms. The molecule has 0 saturated carbocycles. The number of carbonyl (C=O) groups is 1. The Bertz CT molecular complexity index is 394. The number of nitrogens with zero attached hydrogens (tertiary/aromatic N) is 1. The van der Waals surface area contributed by atoms with Crippen LogP contribution >= 0.6 is 0 Å². The predicted octanol–water partition coefficient (Wildman–Crippen LogP) is 3.48. The molecule has 0 spiro atoms. The molecule has 1 saturated heterocycles. The first-order valence-corrected chi connectivity index (χ1v) is 6.81. The van der Waals surface area contributed by atoms with Crippen molar-refractivity contribution in [1.29, 1.82) is 0 Å². The molecule has 0 amide bonds. The number of carbonyl (C=O) groups excluding carboxylic acids is 1. The van der Waals surface area contributed by atoms with Crippen LogP contribution in [0.5, 0.6) is 0 Å². The van der Waals surface area contributed by atoms with Gasteiger partial charge in [-0.2, -0.15) is 0 Å². The van der Waals surface area contributed by atoms with Gasteiger partial charge in [0.1, 0.15) is 6.29 Å². The van der Waals surface area contributed by atoms with Crippen LogP contribution in [0.25, 0.3) is 0 Å². The van der Waals surface area contributed by atoms with Gasteiger partial charge < -0.3 is 0 Å². The molecule has 98 valence electrons. The van der Waals surface area contributed by atoms with Crippen LogP contribution in [0, 0.1) is 0 Å². The van der Waals surface area contributed by atoms with Crippen LogP contribution in [-0.2, 0) is 0 Å². The lowest BCUT2D eigenvalue weighted by Crippen LogP contribution is -2.45. The summed E-state index contributed by atoms with van der Waals surface area (Å²) >= 11 is 0. The van der Waals surface area contributed by atoms with Gasteiger partial charge in [-0.05, 0) is 58.2 Å². The summed E-state index contributed by atoms with van der Waals surface area (Å²) in [5.41, 5.74) is 2.44. The highest BCUT2D eigenvalue weighted by atomic mass is 16.1. The molecule has 18 heavy (non-hydrogen) atoms. The highest BCUT2D eigenvalue weighted by molar-refractivity contribution is 5.74. The summed E-state index contributed by atoms with van der Waals surface area (Å²) in [5, 5.41) is 0. The van der Waals surface area contributed by atoms with E-state index in [9.17, 15) is 4.79 Å². The smallest absolute Gasteiger partial charge is 0.150 e. The van der Waals surface area contributed by atoms with Crippen molar-refractivity contribution >= 4 is 6.29 Å². The first-order valence-electron chi connectivity index (χ1n) is 6.81. The van der Waals surface area contributed by atoms with Crippen LogP contribution < -0.4 is 0 Å². The summed E-state index contributed by atoms with van der Waals surface area (Å²) in [6, 6.07) is 8.08. The van der Waals surface area contributed by atoms with Gasteiger partial charge in [0.15, 0.2) is 0 Å². The molecule has 1 aromatic rings. The zero-order chi connectivity index (χ0) is 13.2. The molecular formula is C16H23NO. The maximum absolute atomic E-state index is 10.6. The Kier molecular flexibility index (Phi) is 3.86. The largest absolute Gasteiger partial charge is 0.298 e. The van der Waals surface area contributed by atoms with Gasteiger partial charge in [-0.25, -0.2) is 0 Å². The van der Waals surface area contributed by atoms with Gasteiger partial charge in [0, 0.05) is 11.1 Å². The van der Waals surface area contributed by atoms with Gasteiger partial charge in [0.2, 0.25) is 0 Å². The van der Waals surface area contributed by atoms with E-state index >= 15 is 0 Å². The molecule has 0 atom stereocenters. The van der Waals surface area contributed by atoms with E-state index in [1.54, 1.807) is 0 Å². The van der Waals surface area contributed by atoms with Gasteiger partial charge in [-0.1, -0.05) is 24.3 Å². The molecule has 1 aliphatic heterocycles. The SMILES string of the molecule is CC(C)(C)N1CCC(c2ccc(C=O)cc2)CC1. The third-order valence-corrected chi connectivity index (χ3v) is 3.99. The second-order valence-corrected chi connectivity index (χ2v) is 6.22. The highest BCUT2D eigenvalue weighted by Gasteiger charge is 2.27. The van der Waals surface area contributed by atoms with E-state index in [1.165, 1.54) is 31.5 Å². The van der Waals surface area contributed by atoms with E-state index in [1.807, 2.05) is 12.1 Å². The minimum absolute atomic E-state index is 0.284. The summed E-state index contributed by atoms with van der Waals surface area (Å²) < 4.78 is 0. The van der Waals surface area contributed by atoms with Gasteiger partial charge >= 0.3 is 0 Å². The lowest BCUT2D eigenvalue weighted by molar-refractivity contribution is 0.102. The number of rotatable bonds is 2. The summed E-state index contributed by atoms with van der Waals surface area (Å²) in [4.78, 5) is 13.2. The standard InChI is InChI=1S/C16H23NO/c1-16(2,3)17-10-8-15(9-11-17)14-6-4-13(12-18)5-7-14/h4-7,12,15H,8-11H2,1-3H3. The summed E-state index contributed by atoms with van der Waals surface area (Å²) in [5.74, 6) is 0.657. The molecule has 0 N–H and O–H groups in total. The van der Waals surface area contributed by atoms with Gasteiger partial charge in [-0.15, -0.1) is 0 Å². The number of likely N-dealkylation sites (tertiary alicyclic amines) is 1. The van der Waals surface area contributed by atoms with Crippen LogP contribution in [0.3, 0.4) is 0 Å². The van der Waals surface area contributed by atoms with Crippen molar-refractivity contribution in [3.63, 3.8) is 0 Å². The fourth-order valence-electron chi connectivity index (χ4n) is 2.73. The maximum Gasteiger partial charge on any atom is 0.150 e. The van der Waals surface area contributed by atoms with Crippen molar-refractivity contribution in [2.75, 3.05) is 13.1 Å². The molecule has 2 rings (SSSR count). The van der Waals surface area contributed by atoms with E-state index in [0.717, 1.165) is 11.8 Å². The Balaban J connectivity index is 1.98. The molecule has 2 heteroatoms. The Labute approximate surface area is 110 Å². The van der Waals surface area contributed by atoms with E-state index in [2.05, 4.69) is 37.8 Å². The van der Waals surface area contributed by atoms with Crippen LogP contribution in [0.1, 0.15) is 55.5 Å². The lowest BCUT2D eigenvalue weighted by atomic mass is 9.87. The zero-order valence-corrected chi connectivity index (χ0v) is 11.6. The first kappa shape index (κ1) is 13.3. The number of benzene rings is 1. The zero-order valence-electron chi connectivity index (χ0n) is 11.6. The Morgan fingerprint density at radius 3 is 2.11 bits per heavy atom. The molecule has 1 fully saturated rings. The van der Waals surface area contributed by atoms with Crippen molar-refractivity contribution in [3.8, 4) is 0 Å². The molecule has 1 aromatic carbocycles. The molecule has 0 radical (unpaired) electrons.